The fourth-order valence-electron chi connectivity index (χ4n) is 1.80. The van der Waals surface area contributed by atoms with Gasteiger partial charge in [0.25, 0.3) is 5.91 Å². The first kappa shape index (κ1) is 18.8. The van der Waals surface area contributed by atoms with Crippen LogP contribution in [-0.4, -0.2) is 38.2 Å². The van der Waals surface area contributed by atoms with Crippen LogP contribution in [0.4, 0.5) is 0 Å². The van der Waals surface area contributed by atoms with E-state index in [1.807, 2.05) is 20.8 Å². The molecule has 0 heterocycles. The molecule has 0 saturated carbocycles. The summed E-state index contributed by atoms with van der Waals surface area (Å²) >= 11 is 0. The van der Waals surface area contributed by atoms with Crippen LogP contribution in [0.5, 0.6) is 11.5 Å². The van der Waals surface area contributed by atoms with Crippen molar-refractivity contribution in [1.29, 1.82) is 0 Å². The molecule has 0 aliphatic heterocycles. The Labute approximate surface area is 137 Å². The lowest BCUT2D eigenvalue weighted by molar-refractivity contribution is -0.129. The Hall–Kier alpha value is -2.24. The highest BCUT2D eigenvalue weighted by Gasteiger charge is 2.20. The van der Waals surface area contributed by atoms with E-state index < -0.39 is 12.1 Å². The molecule has 0 fully saturated rings. The van der Waals surface area contributed by atoms with Crippen LogP contribution in [0.15, 0.2) is 18.2 Å². The van der Waals surface area contributed by atoms with E-state index in [-0.39, 0.29) is 5.91 Å². The fraction of sp³-hybridized carbons (Fsp3) is 0.529. The van der Waals surface area contributed by atoms with Crippen LogP contribution in [0.3, 0.4) is 0 Å². The third kappa shape index (κ3) is 5.81. The van der Waals surface area contributed by atoms with Crippen molar-refractivity contribution in [1.82, 2.24) is 5.32 Å². The number of hydrogen-bond donors (Lipinski definition) is 1. The maximum atomic E-state index is 12.2. The maximum absolute atomic E-state index is 12.2. The van der Waals surface area contributed by atoms with Gasteiger partial charge in [-0.25, -0.2) is 4.79 Å². The van der Waals surface area contributed by atoms with Crippen molar-refractivity contribution >= 4 is 11.9 Å². The number of benzene rings is 1. The van der Waals surface area contributed by atoms with E-state index in [2.05, 4.69) is 5.32 Å². The highest BCUT2D eigenvalue weighted by molar-refractivity contribution is 5.92. The molecule has 6 nitrogen and oxygen atoms in total. The number of nitrogens with one attached hydrogen (secondary N) is 1. The van der Waals surface area contributed by atoms with Gasteiger partial charge in [0.1, 0.15) is 0 Å². The molecule has 0 unspecified atom stereocenters. The summed E-state index contributed by atoms with van der Waals surface area (Å²) in [6.07, 6.45) is -0.862. The molecule has 0 aliphatic rings. The Morgan fingerprint density at radius 3 is 2.43 bits per heavy atom. The van der Waals surface area contributed by atoms with Crippen molar-refractivity contribution < 1.29 is 23.8 Å². The van der Waals surface area contributed by atoms with Crippen LogP contribution in [0.1, 0.15) is 38.1 Å². The van der Waals surface area contributed by atoms with Gasteiger partial charge in [-0.2, -0.15) is 0 Å². The van der Waals surface area contributed by atoms with E-state index in [4.69, 9.17) is 14.2 Å². The molecule has 0 bridgehead atoms. The molecule has 1 aromatic carbocycles. The lowest BCUT2D eigenvalue weighted by Gasteiger charge is -2.15. The second-order valence-electron chi connectivity index (χ2n) is 5.49. The lowest BCUT2D eigenvalue weighted by atomic mass is 10.2. The number of amides is 1. The topological polar surface area (TPSA) is 73.9 Å². The van der Waals surface area contributed by atoms with Crippen molar-refractivity contribution in [3.8, 4) is 11.5 Å². The Morgan fingerprint density at radius 1 is 1.17 bits per heavy atom. The van der Waals surface area contributed by atoms with Gasteiger partial charge in [0, 0.05) is 6.54 Å². The van der Waals surface area contributed by atoms with Gasteiger partial charge in [-0.15, -0.1) is 0 Å². The largest absolute Gasteiger partial charge is 0.493 e. The van der Waals surface area contributed by atoms with Crippen LogP contribution in [-0.2, 0) is 9.53 Å². The minimum absolute atomic E-state index is 0.303. The number of esters is 1. The molecular weight excluding hydrogens is 298 g/mol. The molecule has 1 N–H and O–H groups in total. The Bertz CT molecular complexity index is 542. The summed E-state index contributed by atoms with van der Waals surface area (Å²) in [4.78, 5) is 24.0. The summed E-state index contributed by atoms with van der Waals surface area (Å²) < 4.78 is 15.8. The van der Waals surface area contributed by atoms with Gasteiger partial charge < -0.3 is 19.5 Å². The van der Waals surface area contributed by atoms with Gasteiger partial charge in [0.15, 0.2) is 17.6 Å². The third-order valence-corrected chi connectivity index (χ3v) is 3.04. The fourth-order valence-corrected chi connectivity index (χ4v) is 1.80. The molecule has 0 spiro atoms. The van der Waals surface area contributed by atoms with Gasteiger partial charge in [0.05, 0.1) is 19.3 Å². The molecule has 0 saturated heterocycles. The Balaban J connectivity index is 2.73. The number of carbonyl (C=O) groups is 2. The highest BCUT2D eigenvalue weighted by atomic mass is 16.5. The molecule has 0 aromatic heterocycles. The molecule has 6 heteroatoms. The van der Waals surface area contributed by atoms with E-state index in [1.165, 1.54) is 7.11 Å². The van der Waals surface area contributed by atoms with Crippen molar-refractivity contribution in [2.24, 2.45) is 5.92 Å². The third-order valence-electron chi connectivity index (χ3n) is 3.04. The summed E-state index contributed by atoms with van der Waals surface area (Å²) in [5.41, 5.74) is 0.303. The zero-order valence-electron chi connectivity index (χ0n) is 14.3. The first-order valence-electron chi connectivity index (χ1n) is 7.68. The quantitative estimate of drug-likeness (QED) is 0.744. The Kier molecular flexibility index (Phi) is 7.38. The zero-order chi connectivity index (χ0) is 17.4. The van der Waals surface area contributed by atoms with Crippen LogP contribution in [0, 0.1) is 5.92 Å². The summed E-state index contributed by atoms with van der Waals surface area (Å²) in [6, 6.07) is 4.75. The second kappa shape index (κ2) is 9.02. The first-order chi connectivity index (χ1) is 10.9. The number of ether oxygens (including phenoxy) is 3. The Morgan fingerprint density at radius 2 is 1.87 bits per heavy atom. The maximum Gasteiger partial charge on any atom is 0.339 e. The summed E-state index contributed by atoms with van der Waals surface area (Å²) in [5, 5.41) is 2.73. The summed E-state index contributed by atoms with van der Waals surface area (Å²) in [5.74, 6) is 0.427. The minimum atomic E-state index is -0.862. The summed E-state index contributed by atoms with van der Waals surface area (Å²) in [7, 11) is 1.52. The lowest BCUT2D eigenvalue weighted by Crippen LogP contribution is -2.37. The average Bonchev–Trinajstić information content (AvgIpc) is 2.52. The monoisotopic (exact) mass is 323 g/mol. The van der Waals surface area contributed by atoms with Crippen molar-refractivity contribution in [2.45, 2.75) is 33.8 Å². The normalized spacial score (nSPS) is 11.7. The molecule has 1 aromatic rings. The van der Waals surface area contributed by atoms with E-state index in [9.17, 15) is 9.59 Å². The molecule has 1 atom stereocenters. The molecule has 128 valence electrons. The van der Waals surface area contributed by atoms with Crippen molar-refractivity contribution in [3.63, 3.8) is 0 Å². The second-order valence-corrected chi connectivity index (χ2v) is 5.49. The standard InChI is InChI=1S/C17H25NO5/c1-6-22-15-9-13(7-8-14(15)21-5)17(20)23-12(4)16(19)18-10-11(2)3/h7-9,11-12H,6,10H2,1-5H3,(H,18,19)/t12-/m0/s1. The number of rotatable bonds is 8. The SMILES string of the molecule is CCOc1cc(C(=O)O[C@@H](C)C(=O)NCC(C)C)ccc1OC. The predicted octanol–water partition coefficient (Wildman–Crippen LogP) is 2.41. The minimum Gasteiger partial charge on any atom is -0.493 e. The summed E-state index contributed by atoms with van der Waals surface area (Å²) in [6.45, 7) is 8.35. The van der Waals surface area contributed by atoms with Crippen LogP contribution >= 0.6 is 0 Å². The molecule has 23 heavy (non-hydrogen) atoms. The molecular formula is C17H25NO5. The van der Waals surface area contributed by atoms with E-state index in [1.54, 1.807) is 25.1 Å². The van der Waals surface area contributed by atoms with Crippen LogP contribution < -0.4 is 14.8 Å². The zero-order valence-corrected chi connectivity index (χ0v) is 14.3. The van der Waals surface area contributed by atoms with Crippen LogP contribution in [0.2, 0.25) is 0 Å². The van der Waals surface area contributed by atoms with Crippen molar-refractivity contribution in [3.05, 3.63) is 23.8 Å². The van der Waals surface area contributed by atoms with Crippen LogP contribution in [0.25, 0.3) is 0 Å². The first-order valence-corrected chi connectivity index (χ1v) is 7.68. The van der Waals surface area contributed by atoms with Gasteiger partial charge in [0.2, 0.25) is 0 Å². The predicted molar refractivity (Wildman–Crippen MR) is 86.9 cm³/mol. The number of hydrogen-bond acceptors (Lipinski definition) is 5. The van der Waals surface area contributed by atoms with E-state index in [0.717, 1.165) is 0 Å². The van der Waals surface area contributed by atoms with Crippen molar-refractivity contribution in [2.75, 3.05) is 20.3 Å². The molecule has 0 radical (unpaired) electrons. The van der Waals surface area contributed by atoms with Gasteiger partial charge >= 0.3 is 5.97 Å². The smallest absolute Gasteiger partial charge is 0.339 e. The van der Waals surface area contributed by atoms with E-state index >= 15 is 0 Å². The molecule has 0 aliphatic carbocycles. The average molecular weight is 323 g/mol. The molecule has 1 amide bonds. The van der Waals surface area contributed by atoms with Gasteiger partial charge in [-0.05, 0) is 38.0 Å². The highest BCUT2D eigenvalue weighted by Crippen LogP contribution is 2.28. The van der Waals surface area contributed by atoms with Gasteiger partial charge in [-0.3, -0.25) is 4.79 Å². The number of methoxy groups -OCH3 is 1. The number of carbonyl (C=O) groups excluding carboxylic acids is 2. The van der Waals surface area contributed by atoms with Gasteiger partial charge in [-0.1, -0.05) is 13.8 Å². The molecule has 1 rings (SSSR count). The van der Waals surface area contributed by atoms with E-state index in [0.29, 0.717) is 36.1 Å².